The standard InChI is InChI=1S/C18H18FN3OS2.CHN.2H2O/c1-24-12-2-3-13(15(19)8-12)14-9-25-17-16(14)21-10-22-18(17)23-11-4-6-20-7-5-11;1-2;;/h2-3,8-11,20H,4-7H2,1H3;1H;2*1H2. The Bertz CT molecular complexity index is 946. The number of rotatable bonds is 4. The van der Waals surface area contributed by atoms with Crippen molar-refractivity contribution >= 4 is 33.3 Å². The predicted molar refractivity (Wildman–Crippen MR) is 115 cm³/mol. The lowest BCUT2D eigenvalue weighted by Gasteiger charge is -2.23. The molecule has 1 aliphatic heterocycles. The lowest BCUT2D eigenvalue weighted by Crippen LogP contribution is -2.34. The summed E-state index contributed by atoms with van der Waals surface area (Å²) in [4.78, 5) is 9.62. The van der Waals surface area contributed by atoms with Gasteiger partial charge in [0.1, 0.15) is 22.9 Å². The maximum Gasteiger partial charge on any atom is 0.235 e. The minimum atomic E-state index is -0.231. The zero-order valence-corrected chi connectivity index (χ0v) is 17.4. The summed E-state index contributed by atoms with van der Waals surface area (Å²) in [5, 5.41) is 11.8. The molecule has 2 aromatic heterocycles. The number of thiophene rings is 1. The monoisotopic (exact) mass is 438 g/mol. The van der Waals surface area contributed by atoms with Crippen LogP contribution in [-0.2, 0) is 0 Å². The number of ether oxygens (including phenoxy) is 1. The molecule has 0 radical (unpaired) electrons. The number of fused-ring (bicyclic) bond motifs is 1. The summed E-state index contributed by atoms with van der Waals surface area (Å²) in [6.45, 7) is 5.42. The van der Waals surface area contributed by atoms with Crippen LogP contribution >= 0.6 is 23.1 Å². The van der Waals surface area contributed by atoms with Crippen molar-refractivity contribution in [3.8, 4) is 23.6 Å². The number of aromatic nitrogens is 2. The van der Waals surface area contributed by atoms with Crippen molar-refractivity contribution in [2.75, 3.05) is 19.3 Å². The lowest BCUT2D eigenvalue weighted by atomic mass is 10.1. The lowest BCUT2D eigenvalue weighted by molar-refractivity contribution is 0.158. The fourth-order valence-electron chi connectivity index (χ4n) is 3.02. The fourth-order valence-corrected chi connectivity index (χ4v) is 4.39. The highest BCUT2D eigenvalue weighted by atomic mass is 32.2. The van der Waals surface area contributed by atoms with Gasteiger partial charge in [0.05, 0.1) is 5.52 Å². The molecule has 1 aromatic carbocycles. The van der Waals surface area contributed by atoms with E-state index in [1.807, 2.05) is 23.8 Å². The minimum absolute atomic E-state index is 0. The van der Waals surface area contributed by atoms with E-state index in [0.29, 0.717) is 11.4 Å². The Balaban J connectivity index is 0.00000102. The zero-order chi connectivity index (χ0) is 19.2. The maximum atomic E-state index is 14.5. The quantitative estimate of drug-likeness (QED) is 0.623. The number of piperidine rings is 1. The second-order valence-corrected chi connectivity index (χ2v) is 7.68. The van der Waals surface area contributed by atoms with E-state index in [2.05, 4.69) is 21.9 Å². The van der Waals surface area contributed by atoms with Crippen molar-refractivity contribution < 1.29 is 20.1 Å². The fraction of sp³-hybridized carbons (Fsp3) is 0.316. The number of hydrogen-bond donors (Lipinski definition) is 1. The van der Waals surface area contributed by atoms with Gasteiger partial charge in [-0.3, -0.25) is 0 Å². The molecule has 0 saturated carbocycles. The Morgan fingerprint density at radius 3 is 2.59 bits per heavy atom. The number of halogens is 1. The first kappa shape index (κ1) is 24.7. The molecule has 0 unspecified atom stereocenters. The summed E-state index contributed by atoms with van der Waals surface area (Å²) < 4.78 is 21.5. The molecule has 1 aliphatic rings. The SMILES string of the molecule is C#N.CSc1ccc(-c2csc3c(OC4CCNCC4)ncnc23)c(F)c1.O.O. The minimum Gasteiger partial charge on any atom is -0.473 e. The molecule has 5 N–H and O–H groups in total. The van der Waals surface area contributed by atoms with Gasteiger partial charge in [0.25, 0.3) is 0 Å². The summed E-state index contributed by atoms with van der Waals surface area (Å²) >= 11 is 3.03. The van der Waals surface area contributed by atoms with E-state index in [1.165, 1.54) is 29.4 Å². The third-order valence-corrected chi connectivity index (χ3v) is 6.03. The Morgan fingerprint density at radius 2 is 1.93 bits per heavy atom. The topological polar surface area (TPSA) is 134 Å². The Hall–Kier alpha value is -2.29. The maximum absolute atomic E-state index is 14.5. The predicted octanol–water partition coefficient (Wildman–Crippen LogP) is 2.84. The van der Waals surface area contributed by atoms with E-state index in [4.69, 9.17) is 10.00 Å². The van der Waals surface area contributed by atoms with Gasteiger partial charge in [-0.15, -0.1) is 23.1 Å². The summed E-state index contributed by atoms with van der Waals surface area (Å²) in [5.41, 5.74) is 2.11. The molecule has 0 bridgehead atoms. The highest BCUT2D eigenvalue weighted by molar-refractivity contribution is 7.98. The van der Waals surface area contributed by atoms with Crippen molar-refractivity contribution in [2.24, 2.45) is 0 Å². The number of hydrogen-bond acceptors (Lipinski definition) is 7. The van der Waals surface area contributed by atoms with E-state index < -0.39 is 0 Å². The third kappa shape index (κ3) is 5.41. The van der Waals surface area contributed by atoms with Crippen LogP contribution in [0.3, 0.4) is 0 Å². The van der Waals surface area contributed by atoms with Gasteiger partial charge < -0.3 is 21.0 Å². The van der Waals surface area contributed by atoms with E-state index in [1.54, 1.807) is 6.07 Å². The van der Waals surface area contributed by atoms with Crippen LogP contribution in [-0.4, -0.2) is 46.4 Å². The van der Waals surface area contributed by atoms with E-state index >= 15 is 0 Å². The molecule has 1 saturated heterocycles. The number of benzene rings is 1. The average molecular weight is 439 g/mol. The highest BCUT2D eigenvalue weighted by Crippen LogP contribution is 2.38. The largest absolute Gasteiger partial charge is 0.473 e. The van der Waals surface area contributed by atoms with Crippen molar-refractivity contribution in [3.63, 3.8) is 0 Å². The Labute approximate surface area is 176 Å². The molecule has 10 heteroatoms. The van der Waals surface area contributed by atoms with Crippen LogP contribution in [0.4, 0.5) is 4.39 Å². The van der Waals surface area contributed by atoms with Crippen molar-refractivity contribution in [3.05, 3.63) is 35.7 Å². The normalized spacial score (nSPS) is 13.5. The van der Waals surface area contributed by atoms with Crippen LogP contribution in [0.2, 0.25) is 0 Å². The molecule has 0 atom stereocenters. The van der Waals surface area contributed by atoms with Gasteiger partial charge in [-0.05, 0) is 44.3 Å². The summed E-state index contributed by atoms with van der Waals surface area (Å²) in [7, 11) is 0. The van der Waals surface area contributed by atoms with Gasteiger partial charge in [0.15, 0.2) is 0 Å². The van der Waals surface area contributed by atoms with Gasteiger partial charge >= 0.3 is 0 Å². The molecule has 4 rings (SSSR count). The molecule has 156 valence electrons. The van der Waals surface area contributed by atoms with Crippen LogP contribution in [0.1, 0.15) is 12.8 Å². The van der Waals surface area contributed by atoms with Gasteiger partial charge in [-0.1, -0.05) is 6.07 Å². The first-order valence-electron chi connectivity index (χ1n) is 8.45. The molecule has 0 amide bonds. The molecule has 3 heterocycles. The number of nitrogens with one attached hydrogen (secondary N) is 1. The van der Waals surface area contributed by atoms with Crippen LogP contribution in [0.15, 0.2) is 34.8 Å². The smallest absolute Gasteiger partial charge is 0.235 e. The molecule has 0 aliphatic carbocycles. The van der Waals surface area contributed by atoms with Gasteiger partial charge in [0.2, 0.25) is 5.88 Å². The molecule has 7 nitrogen and oxygen atoms in total. The number of nitriles is 1. The molecule has 0 spiro atoms. The second-order valence-electron chi connectivity index (χ2n) is 5.92. The molecule has 1 fully saturated rings. The molecular weight excluding hydrogens is 415 g/mol. The molecular formula is C19H23FN4O3S2. The van der Waals surface area contributed by atoms with Gasteiger partial charge in [0, 0.05) is 28.0 Å². The summed E-state index contributed by atoms with van der Waals surface area (Å²) in [6.07, 6.45) is 5.54. The molecule has 3 aromatic rings. The van der Waals surface area contributed by atoms with Gasteiger partial charge in [-0.25, -0.2) is 19.6 Å². The summed E-state index contributed by atoms with van der Waals surface area (Å²) in [6, 6.07) is 5.31. The van der Waals surface area contributed by atoms with Gasteiger partial charge in [-0.2, -0.15) is 0 Å². The highest BCUT2D eigenvalue weighted by Gasteiger charge is 2.20. The number of thioether (sulfide) groups is 1. The van der Waals surface area contributed by atoms with E-state index in [9.17, 15) is 4.39 Å². The van der Waals surface area contributed by atoms with Crippen molar-refractivity contribution in [1.82, 2.24) is 15.3 Å². The summed E-state index contributed by atoms with van der Waals surface area (Å²) in [5.74, 6) is 0.375. The Kier molecular flexibility index (Phi) is 9.94. The number of nitrogens with zero attached hydrogens (tertiary/aromatic N) is 3. The molecule has 29 heavy (non-hydrogen) atoms. The van der Waals surface area contributed by atoms with Crippen LogP contribution in [0.25, 0.3) is 21.3 Å². The van der Waals surface area contributed by atoms with Crippen LogP contribution < -0.4 is 10.1 Å². The second kappa shape index (κ2) is 11.6. The van der Waals surface area contributed by atoms with E-state index in [-0.39, 0.29) is 22.9 Å². The van der Waals surface area contributed by atoms with E-state index in [0.717, 1.165) is 46.6 Å². The first-order valence-corrected chi connectivity index (χ1v) is 10.6. The van der Waals surface area contributed by atoms with Crippen LogP contribution in [0, 0.1) is 17.7 Å². The van der Waals surface area contributed by atoms with Crippen molar-refractivity contribution in [2.45, 2.75) is 23.8 Å². The van der Waals surface area contributed by atoms with Crippen LogP contribution in [0.5, 0.6) is 5.88 Å². The zero-order valence-electron chi connectivity index (χ0n) is 15.8. The Morgan fingerprint density at radius 1 is 1.21 bits per heavy atom. The van der Waals surface area contributed by atoms with Crippen molar-refractivity contribution in [1.29, 1.82) is 5.26 Å². The average Bonchev–Trinajstić information content (AvgIpc) is 3.15. The third-order valence-electron chi connectivity index (χ3n) is 4.35. The first-order chi connectivity index (χ1) is 13.3.